The monoisotopic (exact) mass is 399 g/mol. The van der Waals surface area contributed by atoms with E-state index in [1.54, 1.807) is 18.2 Å². The topological polar surface area (TPSA) is 114 Å². The molecule has 2 aromatic rings. The molecule has 0 saturated heterocycles. The van der Waals surface area contributed by atoms with Gasteiger partial charge in [-0.05, 0) is 26.0 Å². The maximum atomic E-state index is 12.6. The van der Waals surface area contributed by atoms with Crippen LogP contribution in [0.4, 0.5) is 5.82 Å². The van der Waals surface area contributed by atoms with Crippen LogP contribution in [0.3, 0.4) is 0 Å². The molecule has 0 aliphatic heterocycles. The highest BCUT2D eigenvalue weighted by molar-refractivity contribution is 6.31. The molecule has 1 aromatic carbocycles. The number of nitrogens with one attached hydrogen (secondary N) is 1. The van der Waals surface area contributed by atoms with Gasteiger partial charge in [0.05, 0.1) is 28.5 Å². The molecule has 1 aromatic heterocycles. The molecule has 146 valence electrons. The van der Waals surface area contributed by atoms with Crippen molar-refractivity contribution in [2.24, 2.45) is 5.41 Å². The van der Waals surface area contributed by atoms with E-state index in [0.717, 1.165) is 0 Å². The summed E-state index contributed by atoms with van der Waals surface area (Å²) in [6.45, 7) is 8.05. The molecule has 7 nitrogen and oxygen atoms in total. The molecule has 28 heavy (non-hydrogen) atoms. The third-order valence-corrected chi connectivity index (χ3v) is 6.40. The lowest BCUT2D eigenvalue weighted by atomic mass is 9.48. The van der Waals surface area contributed by atoms with Gasteiger partial charge in [-0.1, -0.05) is 25.4 Å². The minimum absolute atomic E-state index is 0.208. The Labute approximate surface area is 168 Å². The first-order chi connectivity index (χ1) is 13.0. The quantitative estimate of drug-likeness (QED) is 0.814. The van der Waals surface area contributed by atoms with E-state index in [0.29, 0.717) is 22.8 Å². The van der Waals surface area contributed by atoms with E-state index in [-0.39, 0.29) is 17.4 Å². The summed E-state index contributed by atoms with van der Waals surface area (Å²) in [6.07, 6.45) is 3.29. The Bertz CT molecular complexity index is 970. The van der Waals surface area contributed by atoms with E-state index in [4.69, 9.17) is 27.3 Å². The van der Waals surface area contributed by atoms with Gasteiger partial charge in [-0.3, -0.25) is 4.79 Å². The second-order valence-electron chi connectivity index (χ2n) is 8.00. The number of amides is 1. The van der Waals surface area contributed by atoms with E-state index >= 15 is 0 Å². The van der Waals surface area contributed by atoms with Crippen LogP contribution in [0.25, 0.3) is 0 Å². The van der Waals surface area contributed by atoms with Gasteiger partial charge in [-0.2, -0.15) is 5.26 Å². The predicted molar refractivity (Wildman–Crippen MR) is 106 cm³/mol. The summed E-state index contributed by atoms with van der Waals surface area (Å²) in [7, 11) is 0. The van der Waals surface area contributed by atoms with Crippen molar-refractivity contribution >= 4 is 23.3 Å². The SMILES string of the molecule is CC1(NC(=O)c2cnc(N)cn2)CC(C)(Oc2ccc(C#N)c(Cl)c2)C1(C)C. The molecule has 2 atom stereocenters. The number of nitriles is 1. The number of hydrogen-bond donors (Lipinski definition) is 2. The number of rotatable bonds is 4. The van der Waals surface area contributed by atoms with Crippen molar-refractivity contribution in [3.05, 3.63) is 46.9 Å². The van der Waals surface area contributed by atoms with Gasteiger partial charge >= 0.3 is 0 Å². The standard InChI is InChI=1S/C20H22ClN5O2/c1-18(2)19(3,26-17(27)15-9-25-16(23)10-24-15)11-20(18,4)28-13-6-5-12(8-22)14(21)7-13/h5-7,9-10H,11H2,1-4H3,(H2,23,25)(H,26,27). The molecule has 3 N–H and O–H groups in total. The van der Waals surface area contributed by atoms with Gasteiger partial charge in [0.25, 0.3) is 5.91 Å². The van der Waals surface area contributed by atoms with Crippen LogP contribution in [0.2, 0.25) is 5.02 Å². The van der Waals surface area contributed by atoms with E-state index in [1.165, 1.54) is 12.4 Å². The van der Waals surface area contributed by atoms with Crippen molar-refractivity contribution in [2.75, 3.05) is 5.73 Å². The van der Waals surface area contributed by atoms with Crippen molar-refractivity contribution in [3.8, 4) is 11.8 Å². The Morgan fingerprint density at radius 2 is 2.00 bits per heavy atom. The van der Waals surface area contributed by atoms with Crippen LogP contribution in [-0.4, -0.2) is 27.0 Å². The summed E-state index contributed by atoms with van der Waals surface area (Å²) >= 11 is 6.11. The smallest absolute Gasteiger partial charge is 0.271 e. The van der Waals surface area contributed by atoms with Crippen molar-refractivity contribution in [3.63, 3.8) is 0 Å². The predicted octanol–water partition coefficient (Wildman–Crippen LogP) is 3.34. The average molecular weight is 400 g/mol. The lowest BCUT2D eigenvalue weighted by Gasteiger charge is -2.65. The third-order valence-electron chi connectivity index (χ3n) is 6.09. The summed E-state index contributed by atoms with van der Waals surface area (Å²) in [5, 5.41) is 12.4. The molecule has 0 spiro atoms. The number of ether oxygens (including phenoxy) is 1. The zero-order valence-electron chi connectivity index (χ0n) is 16.2. The normalized spacial score (nSPS) is 25.3. The number of nitrogens with zero attached hydrogens (tertiary/aromatic N) is 3. The van der Waals surface area contributed by atoms with Crippen LogP contribution >= 0.6 is 11.6 Å². The first-order valence-electron chi connectivity index (χ1n) is 8.80. The number of anilines is 1. The van der Waals surface area contributed by atoms with Crippen molar-refractivity contribution < 1.29 is 9.53 Å². The second-order valence-corrected chi connectivity index (χ2v) is 8.41. The Balaban J connectivity index is 1.76. The number of aromatic nitrogens is 2. The molecule has 1 amide bonds. The maximum Gasteiger partial charge on any atom is 0.271 e. The number of hydrogen-bond acceptors (Lipinski definition) is 6. The van der Waals surface area contributed by atoms with Gasteiger partial charge < -0.3 is 15.8 Å². The lowest BCUT2D eigenvalue weighted by molar-refractivity contribution is -0.180. The highest BCUT2D eigenvalue weighted by Gasteiger charge is 2.67. The fraction of sp³-hybridized carbons (Fsp3) is 0.400. The molecule has 1 heterocycles. The molecular formula is C20H22ClN5O2. The molecule has 1 aliphatic rings. The molecule has 8 heteroatoms. The molecule has 1 saturated carbocycles. The zero-order chi connectivity index (χ0) is 20.7. The van der Waals surface area contributed by atoms with Gasteiger partial charge in [-0.15, -0.1) is 0 Å². The molecule has 2 unspecified atom stereocenters. The Morgan fingerprint density at radius 1 is 1.29 bits per heavy atom. The number of halogens is 1. The van der Waals surface area contributed by atoms with Crippen LogP contribution in [0.5, 0.6) is 5.75 Å². The number of nitrogen functional groups attached to an aromatic ring is 1. The van der Waals surface area contributed by atoms with Crippen molar-refractivity contribution in [2.45, 2.75) is 45.3 Å². The Hall–Kier alpha value is -2.85. The van der Waals surface area contributed by atoms with E-state index in [2.05, 4.69) is 15.3 Å². The van der Waals surface area contributed by atoms with E-state index in [9.17, 15) is 4.79 Å². The summed E-state index contributed by atoms with van der Waals surface area (Å²) < 4.78 is 6.24. The third kappa shape index (κ3) is 3.14. The zero-order valence-corrected chi connectivity index (χ0v) is 17.0. The molecule has 1 fully saturated rings. The van der Waals surface area contributed by atoms with Gasteiger partial charge in [0, 0.05) is 17.9 Å². The van der Waals surface area contributed by atoms with Crippen LogP contribution in [0.15, 0.2) is 30.6 Å². The Morgan fingerprint density at radius 3 is 2.54 bits per heavy atom. The molecular weight excluding hydrogens is 378 g/mol. The summed E-state index contributed by atoms with van der Waals surface area (Å²) in [5.74, 6) is 0.526. The largest absolute Gasteiger partial charge is 0.487 e. The van der Waals surface area contributed by atoms with Gasteiger partial charge in [0.1, 0.15) is 28.9 Å². The van der Waals surface area contributed by atoms with E-state index in [1.807, 2.05) is 33.8 Å². The first kappa shape index (κ1) is 19.9. The highest BCUT2D eigenvalue weighted by Crippen LogP contribution is 2.58. The molecule has 0 bridgehead atoms. The van der Waals surface area contributed by atoms with Crippen molar-refractivity contribution in [1.82, 2.24) is 15.3 Å². The van der Waals surface area contributed by atoms with Crippen LogP contribution in [0.1, 0.15) is 50.2 Å². The Kier molecular flexibility index (Phi) is 4.72. The molecule has 0 radical (unpaired) electrons. The minimum Gasteiger partial charge on any atom is -0.487 e. The summed E-state index contributed by atoms with van der Waals surface area (Å²) in [6, 6.07) is 7.03. The first-order valence-corrected chi connectivity index (χ1v) is 9.18. The van der Waals surface area contributed by atoms with E-state index < -0.39 is 16.6 Å². The van der Waals surface area contributed by atoms with Crippen LogP contribution < -0.4 is 15.8 Å². The number of carbonyl (C=O) groups is 1. The van der Waals surface area contributed by atoms with Gasteiger partial charge in [0.15, 0.2) is 0 Å². The fourth-order valence-electron chi connectivity index (χ4n) is 3.64. The highest BCUT2D eigenvalue weighted by atomic mass is 35.5. The van der Waals surface area contributed by atoms with Crippen molar-refractivity contribution in [1.29, 1.82) is 5.26 Å². The summed E-state index contributed by atoms with van der Waals surface area (Å²) in [4.78, 5) is 20.5. The minimum atomic E-state index is -0.542. The van der Waals surface area contributed by atoms with Gasteiger partial charge in [0.2, 0.25) is 0 Å². The molecule has 1 aliphatic carbocycles. The van der Waals surface area contributed by atoms with Crippen LogP contribution in [0, 0.1) is 16.7 Å². The number of benzene rings is 1. The van der Waals surface area contributed by atoms with Gasteiger partial charge in [-0.25, -0.2) is 9.97 Å². The fourth-order valence-corrected chi connectivity index (χ4v) is 3.85. The summed E-state index contributed by atoms with van der Waals surface area (Å²) in [5.41, 5.74) is 4.66. The number of nitrogens with two attached hydrogens (primary N) is 1. The maximum absolute atomic E-state index is 12.6. The van der Waals surface area contributed by atoms with Crippen LogP contribution in [-0.2, 0) is 0 Å². The molecule has 3 rings (SSSR count). The average Bonchev–Trinajstić information content (AvgIpc) is 2.62. The lowest BCUT2D eigenvalue weighted by Crippen LogP contribution is -2.77. The second kappa shape index (κ2) is 6.64. The number of carbonyl (C=O) groups excluding carboxylic acids is 1.